The summed E-state index contributed by atoms with van der Waals surface area (Å²) in [5.41, 5.74) is 5.77. The second kappa shape index (κ2) is 15.7. The molecule has 7 nitrogen and oxygen atoms in total. The Hall–Kier alpha value is -3.35. The third-order valence-corrected chi connectivity index (χ3v) is 10.3. The smallest absolute Gasteiger partial charge is 0.350 e. The van der Waals surface area contributed by atoms with E-state index in [-0.39, 0.29) is 17.5 Å². The molecule has 0 amide bonds. The van der Waals surface area contributed by atoms with Crippen LogP contribution >= 0.6 is 0 Å². The summed E-state index contributed by atoms with van der Waals surface area (Å²) in [6, 6.07) is 8.45. The van der Waals surface area contributed by atoms with Crippen LogP contribution in [-0.2, 0) is 11.8 Å². The molecule has 0 saturated heterocycles. The van der Waals surface area contributed by atoms with Crippen molar-refractivity contribution in [3.05, 3.63) is 57.6 Å². The lowest BCUT2D eigenvalue weighted by Gasteiger charge is -2.36. The molecule has 5 rings (SSSR count). The molecule has 2 heterocycles. The first kappa shape index (κ1) is 35.0. The number of hydrogen-bond acceptors (Lipinski definition) is 6. The van der Waals surface area contributed by atoms with Crippen molar-refractivity contribution in [1.29, 1.82) is 0 Å². The molecule has 1 aliphatic carbocycles. The van der Waals surface area contributed by atoms with Crippen LogP contribution in [0.1, 0.15) is 119 Å². The summed E-state index contributed by atoms with van der Waals surface area (Å²) in [5.74, 6) is 2.12. The molecule has 2 N–H and O–H groups in total. The molecule has 2 aliphatic heterocycles. The fourth-order valence-corrected chi connectivity index (χ4v) is 7.57. The highest BCUT2D eigenvalue weighted by Crippen LogP contribution is 2.32. The van der Waals surface area contributed by atoms with Crippen LogP contribution in [0.4, 0.5) is 0 Å². The number of nitrogens with zero attached hydrogens (tertiary/aromatic N) is 5. The first-order valence-corrected chi connectivity index (χ1v) is 18.4. The van der Waals surface area contributed by atoms with Crippen LogP contribution in [0.25, 0.3) is 0 Å². The largest absolute Gasteiger partial charge is 0.507 e. The van der Waals surface area contributed by atoms with Crippen molar-refractivity contribution in [3.8, 4) is 11.5 Å². The van der Waals surface area contributed by atoms with Gasteiger partial charge >= 0.3 is 5.96 Å². The Bertz CT molecular complexity index is 1470. The summed E-state index contributed by atoms with van der Waals surface area (Å²) in [5, 5.41) is 22.2. The number of phenolic OH excluding ortho intramolecular Hbond substituents is 2. The zero-order chi connectivity index (χ0) is 33.6. The normalized spacial score (nSPS) is 20.9. The van der Waals surface area contributed by atoms with E-state index in [0.717, 1.165) is 86.0 Å². The van der Waals surface area contributed by atoms with E-state index in [1.807, 2.05) is 38.4 Å². The van der Waals surface area contributed by atoms with Crippen LogP contribution < -0.4 is 0 Å². The molecule has 1 fully saturated rings. The standard InChI is InChI=1S/C40H59N5O2/c1-7-8-17-43-19-12-21-45-22-13-20-44(39(43)45)18-11-14-31-25-34(40(4,5)6)26-33(38(31)47)28-42-36-16-10-9-15-35(36)41-27-32-24-29(2)23-30(3)37(32)46/h23-28,35-36H,7-22H2,1-6H3,(H-,41,42,46,47)/p+1. The summed E-state index contributed by atoms with van der Waals surface area (Å²) >= 11 is 0. The number of aromatic hydroxyl groups is 2. The fraction of sp³-hybridized carbons (Fsp3) is 0.625. The van der Waals surface area contributed by atoms with Crippen LogP contribution in [0, 0.1) is 13.8 Å². The van der Waals surface area contributed by atoms with E-state index in [2.05, 4.69) is 54.2 Å². The molecule has 0 bridgehead atoms. The topological polar surface area (TPSA) is 74.7 Å². The van der Waals surface area contributed by atoms with Crippen molar-refractivity contribution in [2.45, 2.75) is 123 Å². The minimum Gasteiger partial charge on any atom is -0.507 e. The van der Waals surface area contributed by atoms with Crippen molar-refractivity contribution in [2.75, 3.05) is 39.3 Å². The number of unbranched alkanes of at least 4 members (excludes halogenated alkanes) is 1. The van der Waals surface area contributed by atoms with Crippen molar-refractivity contribution >= 4 is 18.4 Å². The number of guanidine groups is 1. The van der Waals surface area contributed by atoms with Gasteiger partial charge in [0.2, 0.25) is 0 Å². The lowest BCUT2D eigenvalue weighted by atomic mass is 9.84. The van der Waals surface area contributed by atoms with E-state index in [4.69, 9.17) is 9.98 Å². The Morgan fingerprint density at radius 3 is 2.00 bits per heavy atom. The fourth-order valence-electron chi connectivity index (χ4n) is 7.57. The molecule has 0 radical (unpaired) electrons. The molecule has 2 aromatic rings. The Balaban J connectivity index is 1.32. The second-order valence-corrected chi connectivity index (χ2v) is 15.2. The van der Waals surface area contributed by atoms with Gasteiger partial charge in [-0.05, 0) is 85.8 Å². The van der Waals surface area contributed by atoms with Crippen LogP contribution in [0.2, 0.25) is 0 Å². The molecular weight excluding hydrogens is 582 g/mol. The van der Waals surface area contributed by atoms with Crippen LogP contribution in [0.3, 0.4) is 0 Å². The van der Waals surface area contributed by atoms with Crippen molar-refractivity contribution in [1.82, 2.24) is 9.80 Å². The summed E-state index contributed by atoms with van der Waals surface area (Å²) in [6.45, 7) is 19.8. The molecule has 3 aliphatic rings. The first-order valence-electron chi connectivity index (χ1n) is 18.4. The van der Waals surface area contributed by atoms with Gasteiger partial charge in [0, 0.05) is 36.4 Å². The van der Waals surface area contributed by atoms with Gasteiger partial charge in [0.05, 0.1) is 51.4 Å². The second-order valence-electron chi connectivity index (χ2n) is 15.2. The Kier molecular flexibility index (Phi) is 11.7. The summed E-state index contributed by atoms with van der Waals surface area (Å²) < 4.78 is 2.61. The van der Waals surface area contributed by atoms with Gasteiger partial charge in [-0.25, -0.2) is 0 Å². The van der Waals surface area contributed by atoms with Crippen molar-refractivity contribution < 1.29 is 14.8 Å². The number of rotatable bonds is 11. The highest BCUT2D eigenvalue weighted by Gasteiger charge is 2.34. The average molecular weight is 643 g/mol. The van der Waals surface area contributed by atoms with Gasteiger partial charge < -0.3 is 10.2 Å². The molecule has 2 aromatic carbocycles. The van der Waals surface area contributed by atoms with Gasteiger partial charge in [0.25, 0.3) is 0 Å². The van der Waals surface area contributed by atoms with E-state index in [9.17, 15) is 10.2 Å². The number of hydrogen-bond donors (Lipinski definition) is 2. The SMILES string of the molecule is CCCCN1CCC[N+]2=C1N(CCCc1cc(C(C)(C)C)cc(C=NC3CCCCC3N=Cc3cc(C)cc(C)c3O)c1O)CCC2. The van der Waals surface area contributed by atoms with Crippen LogP contribution in [-0.4, -0.2) is 94.3 Å². The Morgan fingerprint density at radius 2 is 1.40 bits per heavy atom. The quantitative estimate of drug-likeness (QED) is 0.198. The zero-order valence-electron chi connectivity index (χ0n) is 30.1. The minimum absolute atomic E-state index is 0.0399. The summed E-state index contributed by atoms with van der Waals surface area (Å²) in [6.07, 6.45) is 14.7. The van der Waals surface area contributed by atoms with Gasteiger partial charge in [-0.3, -0.25) is 24.4 Å². The predicted molar refractivity (Wildman–Crippen MR) is 196 cm³/mol. The third-order valence-electron chi connectivity index (χ3n) is 10.3. The Labute approximate surface area is 284 Å². The zero-order valence-corrected chi connectivity index (χ0v) is 30.1. The van der Waals surface area contributed by atoms with Crippen molar-refractivity contribution in [3.63, 3.8) is 0 Å². The van der Waals surface area contributed by atoms with Crippen LogP contribution in [0.15, 0.2) is 34.3 Å². The highest BCUT2D eigenvalue weighted by molar-refractivity contribution is 5.86. The lowest BCUT2D eigenvalue weighted by Crippen LogP contribution is -2.57. The van der Waals surface area contributed by atoms with E-state index in [1.54, 1.807) is 0 Å². The van der Waals surface area contributed by atoms with Gasteiger partial charge in [0.1, 0.15) is 11.5 Å². The van der Waals surface area contributed by atoms with Crippen LogP contribution in [0.5, 0.6) is 11.5 Å². The predicted octanol–water partition coefficient (Wildman–Crippen LogP) is 7.37. The monoisotopic (exact) mass is 642 g/mol. The van der Waals surface area contributed by atoms with E-state index in [0.29, 0.717) is 11.5 Å². The molecule has 7 heteroatoms. The maximum Gasteiger partial charge on any atom is 0.350 e. The number of aliphatic imine (C=N–C) groups is 2. The van der Waals surface area contributed by atoms with E-state index < -0.39 is 0 Å². The van der Waals surface area contributed by atoms with E-state index >= 15 is 0 Å². The lowest BCUT2D eigenvalue weighted by molar-refractivity contribution is -0.549. The third kappa shape index (κ3) is 8.77. The van der Waals surface area contributed by atoms with E-state index in [1.165, 1.54) is 56.8 Å². The van der Waals surface area contributed by atoms with Gasteiger partial charge in [0.15, 0.2) is 0 Å². The molecule has 0 spiro atoms. The summed E-state index contributed by atoms with van der Waals surface area (Å²) in [4.78, 5) is 15.3. The number of aryl methyl sites for hydroxylation is 3. The molecule has 0 aromatic heterocycles. The summed E-state index contributed by atoms with van der Waals surface area (Å²) in [7, 11) is 0. The highest BCUT2D eigenvalue weighted by atomic mass is 16.3. The number of phenols is 2. The van der Waals surface area contributed by atoms with Gasteiger partial charge in [-0.15, -0.1) is 0 Å². The average Bonchev–Trinajstić information content (AvgIpc) is 3.04. The maximum absolute atomic E-state index is 11.6. The maximum atomic E-state index is 11.6. The molecule has 256 valence electrons. The first-order chi connectivity index (χ1) is 22.5. The molecule has 1 saturated carbocycles. The molecule has 2 unspecified atom stereocenters. The molecular formula is C40H60N5O2+. The Morgan fingerprint density at radius 1 is 0.809 bits per heavy atom. The molecule has 47 heavy (non-hydrogen) atoms. The van der Waals surface area contributed by atoms with Crippen molar-refractivity contribution in [2.24, 2.45) is 9.98 Å². The molecule has 2 atom stereocenters. The van der Waals surface area contributed by atoms with Gasteiger partial charge in [-0.2, -0.15) is 0 Å². The van der Waals surface area contributed by atoms with Gasteiger partial charge in [-0.1, -0.05) is 59.1 Å². The minimum atomic E-state index is -0.0399. The number of benzene rings is 2.